The molecule has 4 rings (SSSR count). The lowest BCUT2D eigenvalue weighted by molar-refractivity contribution is 0.326. The van der Waals surface area contributed by atoms with Crippen LogP contribution in [-0.2, 0) is 6.54 Å². The molecular weight excluding hydrogens is 298 g/mol. The monoisotopic (exact) mass is 317 g/mol. The Balaban J connectivity index is 1.47. The molecule has 1 fully saturated rings. The van der Waals surface area contributed by atoms with Gasteiger partial charge in [0.15, 0.2) is 0 Å². The summed E-state index contributed by atoms with van der Waals surface area (Å²) in [4.78, 5) is 19.2. The van der Waals surface area contributed by atoms with Gasteiger partial charge in [-0.1, -0.05) is 0 Å². The molecule has 0 aliphatic carbocycles. The lowest BCUT2D eigenvalue weighted by atomic mass is 9.97. The Kier molecular flexibility index (Phi) is 4.25. The van der Waals surface area contributed by atoms with E-state index in [2.05, 4.69) is 37.0 Å². The molecule has 4 heterocycles. The minimum atomic E-state index is 0.554. The Labute approximate surface area is 141 Å². The summed E-state index contributed by atoms with van der Waals surface area (Å²) in [7, 11) is 0. The number of likely N-dealkylation sites (tertiary alicyclic amines) is 1. The first-order valence-electron chi connectivity index (χ1n) is 8.21. The van der Waals surface area contributed by atoms with Gasteiger partial charge in [-0.05, 0) is 48.7 Å². The molecule has 0 amide bonds. The Morgan fingerprint density at radius 3 is 2.67 bits per heavy atom. The van der Waals surface area contributed by atoms with Crippen molar-refractivity contribution in [3.05, 3.63) is 72.7 Å². The van der Waals surface area contributed by atoms with Crippen LogP contribution in [0.15, 0.2) is 61.6 Å². The molecule has 0 spiro atoms. The second-order valence-corrected chi connectivity index (χ2v) is 6.18. The highest BCUT2D eigenvalue weighted by Gasteiger charge is 2.24. The third-order valence-electron chi connectivity index (χ3n) is 4.52. The van der Waals surface area contributed by atoms with Crippen LogP contribution in [-0.4, -0.2) is 37.9 Å². The van der Waals surface area contributed by atoms with Crippen LogP contribution in [0.3, 0.4) is 0 Å². The fourth-order valence-electron chi connectivity index (χ4n) is 3.30. The molecule has 0 radical (unpaired) electrons. The fraction of sp³-hybridized carbons (Fsp3) is 0.263. The maximum Gasteiger partial charge on any atom is 0.115 e. The minimum Gasteiger partial charge on any atom is -0.298 e. The van der Waals surface area contributed by atoms with Crippen LogP contribution in [0.2, 0.25) is 0 Å². The lowest BCUT2D eigenvalue weighted by Crippen LogP contribution is -2.20. The van der Waals surface area contributed by atoms with Gasteiger partial charge in [-0.2, -0.15) is 0 Å². The average molecular weight is 317 g/mol. The van der Waals surface area contributed by atoms with Crippen molar-refractivity contribution >= 4 is 0 Å². The highest BCUT2D eigenvalue weighted by atomic mass is 15.1. The molecule has 3 aromatic heterocycles. The Morgan fingerprint density at radius 1 is 1.00 bits per heavy atom. The molecule has 1 aliphatic rings. The van der Waals surface area contributed by atoms with Crippen molar-refractivity contribution in [3.63, 3.8) is 0 Å². The van der Waals surface area contributed by atoms with E-state index < -0.39 is 0 Å². The first-order valence-corrected chi connectivity index (χ1v) is 8.21. The number of hydrogen-bond donors (Lipinski definition) is 0. The third kappa shape index (κ3) is 3.31. The number of hydrogen-bond acceptors (Lipinski definition) is 5. The number of pyridine rings is 2. The van der Waals surface area contributed by atoms with E-state index in [1.807, 2.05) is 43.1 Å². The van der Waals surface area contributed by atoms with Crippen LogP contribution < -0.4 is 0 Å². The summed E-state index contributed by atoms with van der Waals surface area (Å²) in [6.07, 6.45) is 12.1. The van der Waals surface area contributed by atoms with Gasteiger partial charge < -0.3 is 0 Å². The van der Waals surface area contributed by atoms with E-state index in [-0.39, 0.29) is 0 Å². The summed E-state index contributed by atoms with van der Waals surface area (Å²) in [5, 5.41) is 0. The molecule has 1 atom stereocenters. The van der Waals surface area contributed by atoms with Gasteiger partial charge in [0.1, 0.15) is 6.33 Å². The Bertz CT molecular complexity index is 791. The predicted octanol–water partition coefficient (Wildman–Crippen LogP) is 2.92. The van der Waals surface area contributed by atoms with Crippen molar-refractivity contribution in [2.45, 2.75) is 18.9 Å². The summed E-state index contributed by atoms with van der Waals surface area (Å²) in [6.45, 7) is 3.08. The Morgan fingerprint density at radius 2 is 1.83 bits per heavy atom. The van der Waals surface area contributed by atoms with Crippen molar-refractivity contribution in [1.82, 2.24) is 24.8 Å². The molecule has 120 valence electrons. The van der Waals surface area contributed by atoms with Gasteiger partial charge in [0.25, 0.3) is 0 Å². The van der Waals surface area contributed by atoms with Gasteiger partial charge in [-0.15, -0.1) is 0 Å². The van der Waals surface area contributed by atoms with Crippen molar-refractivity contribution in [2.75, 3.05) is 13.1 Å². The number of rotatable bonds is 4. The van der Waals surface area contributed by atoms with E-state index in [1.54, 1.807) is 6.33 Å². The van der Waals surface area contributed by atoms with E-state index in [1.165, 1.54) is 17.5 Å². The number of nitrogens with zero attached hydrogens (tertiary/aromatic N) is 5. The zero-order valence-corrected chi connectivity index (χ0v) is 13.4. The van der Waals surface area contributed by atoms with Crippen molar-refractivity contribution in [2.24, 2.45) is 0 Å². The molecule has 1 aliphatic heterocycles. The molecular formula is C19H19N5. The van der Waals surface area contributed by atoms with E-state index in [9.17, 15) is 0 Å². The van der Waals surface area contributed by atoms with Crippen molar-refractivity contribution < 1.29 is 0 Å². The molecule has 1 saturated heterocycles. The highest BCUT2D eigenvalue weighted by Crippen LogP contribution is 2.29. The van der Waals surface area contributed by atoms with Crippen molar-refractivity contribution in [1.29, 1.82) is 0 Å². The first-order chi connectivity index (χ1) is 11.9. The van der Waals surface area contributed by atoms with Crippen LogP contribution in [0, 0.1) is 0 Å². The highest BCUT2D eigenvalue weighted by molar-refractivity contribution is 5.59. The predicted molar refractivity (Wildman–Crippen MR) is 92.1 cm³/mol. The lowest BCUT2D eigenvalue weighted by Gasteiger charge is -2.16. The summed E-state index contributed by atoms with van der Waals surface area (Å²) in [6, 6.07) is 8.37. The maximum absolute atomic E-state index is 4.51. The zero-order chi connectivity index (χ0) is 16.2. The molecule has 0 unspecified atom stereocenters. The molecule has 0 N–H and O–H groups in total. The second kappa shape index (κ2) is 6.84. The molecule has 3 aromatic rings. The zero-order valence-electron chi connectivity index (χ0n) is 13.4. The Hall–Kier alpha value is -2.66. The molecule has 0 bridgehead atoms. The SMILES string of the molecule is c1cc(-c2cc([C@@H]3CCN(Cc4cncnc4)C3)ccn2)ccn1. The van der Waals surface area contributed by atoms with Gasteiger partial charge in [0.2, 0.25) is 0 Å². The van der Waals surface area contributed by atoms with Gasteiger partial charge in [0.05, 0.1) is 5.69 Å². The molecule has 24 heavy (non-hydrogen) atoms. The molecule has 0 saturated carbocycles. The largest absolute Gasteiger partial charge is 0.298 e. The molecule has 5 heteroatoms. The normalized spacial score (nSPS) is 17.9. The van der Waals surface area contributed by atoms with Crippen LogP contribution in [0.1, 0.15) is 23.5 Å². The van der Waals surface area contributed by atoms with E-state index >= 15 is 0 Å². The molecule has 0 aromatic carbocycles. The summed E-state index contributed by atoms with van der Waals surface area (Å²) in [5.41, 5.74) is 4.67. The average Bonchev–Trinajstić information content (AvgIpc) is 3.12. The maximum atomic E-state index is 4.51. The van der Waals surface area contributed by atoms with Crippen LogP contribution in [0.4, 0.5) is 0 Å². The first kappa shape index (κ1) is 14.9. The van der Waals surface area contributed by atoms with E-state index in [0.717, 1.165) is 30.9 Å². The summed E-state index contributed by atoms with van der Waals surface area (Å²) in [5.74, 6) is 0.554. The quantitative estimate of drug-likeness (QED) is 0.740. The van der Waals surface area contributed by atoms with E-state index in [0.29, 0.717) is 5.92 Å². The molecule has 5 nitrogen and oxygen atoms in total. The standard InChI is InChI=1S/C19H19N5/c1-5-20-6-2-16(1)19-9-17(3-7-23-19)18-4-8-24(13-18)12-15-10-21-14-22-11-15/h1-3,5-7,9-11,14,18H,4,8,12-13H2/t18-/m1/s1. The van der Waals surface area contributed by atoms with Gasteiger partial charge in [0, 0.05) is 55.2 Å². The minimum absolute atomic E-state index is 0.554. The topological polar surface area (TPSA) is 54.8 Å². The second-order valence-electron chi connectivity index (χ2n) is 6.18. The summed E-state index contributed by atoms with van der Waals surface area (Å²) < 4.78 is 0. The van der Waals surface area contributed by atoms with Crippen LogP contribution >= 0.6 is 0 Å². The summed E-state index contributed by atoms with van der Waals surface area (Å²) >= 11 is 0. The van der Waals surface area contributed by atoms with E-state index in [4.69, 9.17) is 0 Å². The van der Waals surface area contributed by atoms with Gasteiger partial charge in [-0.3, -0.25) is 14.9 Å². The van der Waals surface area contributed by atoms with Gasteiger partial charge >= 0.3 is 0 Å². The smallest absolute Gasteiger partial charge is 0.115 e. The van der Waals surface area contributed by atoms with Crippen LogP contribution in [0.5, 0.6) is 0 Å². The van der Waals surface area contributed by atoms with Crippen LogP contribution in [0.25, 0.3) is 11.3 Å². The third-order valence-corrected chi connectivity index (χ3v) is 4.52. The fourth-order valence-corrected chi connectivity index (χ4v) is 3.30. The van der Waals surface area contributed by atoms with Crippen molar-refractivity contribution in [3.8, 4) is 11.3 Å². The van der Waals surface area contributed by atoms with Gasteiger partial charge in [-0.25, -0.2) is 9.97 Å². The number of aromatic nitrogens is 4.